The van der Waals surface area contributed by atoms with Gasteiger partial charge in [0.15, 0.2) is 0 Å². The van der Waals surface area contributed by atoms with E-state index in [-0.39, 0.29) is 44.3 Å². The van der Waals surface area contributed by atoms with Gasteiger partial charge in [-0.3, -0.25) is 9.59 Å². The lowest BCUT2D eigenvalue weighted by Gasteiger charge is -2.21. The van der Waals surface area contributed by atoms with E-state index in [9.17, 15) is 18.8 Å². The monoisotopic (exact) mass is 324 g/mol. The third kappa shape index (κ3) is 2.93. The summed E-state index contributed by atoms with van der Waals surface area (Å²) in [5.41, 5.74) is -2.38. The van der Waals surface area contributed by atoms with Crippen molar-refractivity contribution < 1.29 is 28.3 Å². The van der Waals surface area contributed by atoms with Gasteiger partial charge in [-0.1, -0.05) is 0 Å². The normalized spacial score (nSPS) is 27.7. The lowest BCUT2D eigenvalue weighted by molar-refractivity contribution is -0.150. The zero-order valence-corrected chi connectivity index (χ0v) is 12.4. The Hall–Kier alpha value is -2.38. The fourth-order valence-corrected chi connectivity index (χ4v) is 3.07. The molecular weight excluding hydrogens is 307 g/mol. The molecule has 2 fully saturated rings. The van der Waals surface area contributed by atoms with Gasteiger partial charge in [0.05, 0.1) is 25.3 Å². The maximum absolute atomic E-state index is 14.1. The van der Waals surface area contributed by atoms with Crippen molar-refractivity contribution in [1.29, 1.82) is 0 Å². The highest BCUT2D eigenvalue weighted by Crippen LogP contribution is 2.29. The molecule has 0 saturated carbocycles. The number of amides is 2. The minimum atomic E-state index is -2.38. The van der Waals surface area contributed by atoms with Crippen LogP contribution in [0.25, 0.3) is 0 Å². The molecule has 1 aromatic rings. The fourth-order valence-electron chi connectivity index (χ4n) is 3.07. The molecule has 0 bridgehead atoms. The molecule has 3 heterocycles. The van der Waals surface area contributed by atoms with E-state index in [4.69, 9.17) is 9.52 Å². The second-order valence-electron chi connectivity index (χ2n) is 6.03. The first-order valence-corrected chi connectivity index (χ1v) is 7.40. The summed E-state index contributed by atoms with van der Waals surface area (Å²) >= 11 is 0. The van der Waals surface area contributed by atoms with E-state index < -0.39 is 24.1 Å². The van der Waals surface area contributed by atoms with E-state index in [2.05, 4.69) is 0 Å². The van der Waals surface area contributed by atoms with Gasteiger partial charge in [-0.15, -0.1) is 0 Å². The van der Waals surface area contributed by atoms with Gasteiger partial charge in [-0.2, -0.15) is 0 Å². The Kier molecular flexibility index (Phi) is 3.83. The third-order valence-corrected chi connectivity index (χ3v) is 4.40. The maximum Gasteiger partial charge on any atom is 0.343 e. The number of likely N-dealkylation sites (tertiary alicyclic amines) is 2. The van der Waals surface area contributed by atoms with Gasteiger partial charge >= 0.3 is 5.97 Å². The minimum absolute atomic E-state index is 0.0579. The van der Waals surface area contributed by atoms with Crippen molar-refractivity contribution >= 4 is 17.8 Å². The van der Waals surface area contributed by atoms with Crippen molar-refractivity contribution in [2.45, 2.75) is 25.1 Å². The summed E-state index contributed by atoms with van der Waals surface area (Å²) in [5, 5.41) is 8.88. The summed E-state index contributed by atoms with van der Waals surface area (Å²) in [6.07, 6.45) is 1.35. The van der Waals surface area contributed by atoms with Crippen LogP contribution in [0.3, 0.4) is 0 Å². The predicted molar refractivity (Wildman–Crippen MR) is 74.9 cm³/mol. The summed E-state index contributed by atoms with van der Waals surface area (Å²) < 4.78 is 19.2. The van der Waals surface area contributed by atoms with E-state index in [1.54, 1.807) is 12.1 Å². The zero-order valence-electron chi connectivity index (χ0n) is 12.4. The van der Waals surface area contributed by atoms with E-state index in [0.29, 0.717) is 5.76 Å². The smallest absolute Gasteiger partial charge is 0.343 e. The number of furan rings is 1. The summed E-state index contributed by atoms with van der Waals surface area (Å²) in [5.74, 6) is -2.01. The van der Waals surface area contributed by atoms with E-state index in [1.807, 2.05) is 0 Å². The van der Waals surface area contributed by atoms with Crippen molar-refractivity contribution in [3.8, 4) is 0 Å². The molecule has 1 aromatic heterocycles. The second-order valence-corrected chi connectivity index (χ2v) is 6.03. The topological polar surface area (TPSA) is 91.1 Å². The highest BCUT2D eigenvalue weighted by atomic mass is 19.1. The highest BCUT2D eigenvalue weighted by Gasteiger charge is 2.48. The number of rotatable bonds is 4. The zero-order chi connectivity index (χ0) is 16.6. The molecule has 2 aliphatic heterocycles. The molecule has 8 heteroatoms. The quantitative estimate of drug-likeness (QED) is 0.878. The predicted octanol–water partition coefficient (Wildman–Crippen LogP) is 0.653. The first-order chi connectivity index (χ1) is 10.9. The Morgan fingerprint density at radius 2 is 2.26 bits per heavy atom. The van der Waals surface area contributed by atoms with Gasteiger partial charge in [0.25, 0.3) is 0 Å². The number of carbonyl (C=O) groups is 3. The molecule has 0 radical (unpaired) electrons. The first kappa shape index (κ1) is 15.5. The van der Waals surface area contributed by atoms with Crippen LogP contribution in [0.15, 0.2) is 22.8 Å². The SMILES string of the molecule is O=C1CC(C(=O)N2CCC(F)(C(=O)O)C2)CN1Cc1ccco1. The van der Waals surface area contributed by atoms with Crippen LogP contribution >= 0.6 is 0 Å². The number of hydrogen-bond acceptors (Lipinski definition) is 4. The molecular formula is C15H17FN2O5. The maximum atomic E-state index is 14.1. The standard InChI is InChI=1S/C15H17FN2O5/c16-15(14(21)22)3-4-17(9-15)13(20)10-6-12(19)18(7-10)8-11-2-1-5-23-11/h1-2,5,10H,3-4,6-9H2,(H,21,22). The number of alkyl halides is 1. The van der Waals surface area contributed by atoms with Gasteiger partial charge in [-0.25, -0.2) is 9.18 Å². The summed E-state index contributed by atoms with van der Waals surface area (Å²) in [6, 6.07) is 3.46. The van der Waals surface area contributed by atoms with Gasteiger partial charge in [0.1, 0.15) is 5.76 Å². The molecule has 2 aliphatic rings. The molecule has 2 amide bonds. The number of nitrogens with zero attached hydrogens (tertiary/aromatic N) is 2. The van der Waals surface area contributed by atoms with Crippen LogP contribution in [0.4, 0.5) is 4.39 Å². The van der Waals surface area contributed by atoms with Crippen LogP contribution in [-0.4, -0.2) is 58.0 Å². The van der Waals surface area contributed by atoms with Crippen LogP contribution in [0, 0.1) is 5.92 Å². The molecule has 0 aromatic carbocycles. The number of carboxylic acid groups (broad SMARTS) is 1. The fraction of sp³-hybridized carbons (Fsp3) is 0.533. The Balaban J connectivity index is 1.61. The van der Waals surface area contributed by atoms with E-state index >= 15 is 0 Å². The van der Waals surface area contributed by atoms with Gasteiger partial charge in [-0.05, 0) is 12.1 Å². The Labute approximate surface area is 131 Å². The lowest BCUT2D eigenvalue weighted by atomic mass is 10.1. The number of halogens is 1. The number of carbonyl (C=O) groups excluding carboxylic acids is 2. The molecule has 2 saturated heterocycles. The van der Waals surface area contributed by atoms with Crippen LogP contribution in [0.5, 0.6) is 0 Å². The highest BCUT2D eigenvalue weighted by molar-refractivity contribution is 5.90. The molecule has 0 aliphatic carbocycles. The Morgan fingerprint density at radius 3 is 2.87 bits per heavy atom. The summed E-state index contributed by atoms with van der Waals surface area (Å²) in [6.45, 7) is 0.133. The number of carboxylic acids is 1. The van der Waals surface area contributed by atoms with E-state index in [0.717, 1.165) is 0 Å². The number of hydrogen-bond donors (Lipinski definition) is 1. The average Bonchev–Trinajstić information content (AvgIpc) is 3.21. The van der Waals surface area contributed by atoms with Gasteiger partial charge in [0.2, 0.25) is 17.5 Å². The van der Waals surface area contributed by atoms with Crippen molar-refractivity contribution in [3.05, 3.63) is 24.2 Å². The van der Waals surface area contributed by atoms with Crippen molar-refractivity contribution in [2.75, 3.05) is 19.6 Å². The molecule has 2 unspecified atom stereocenters. The van der Waals surface area contributed by atoms with Crippen molar-refractivity contribution in [3.63, 3.8) is 0 Å². The molecule has 7 nitrogen and oxygen atoms in total. The van der Waals surface area contributed by atoms with Crippen molar-refractivity contribution in [1.82, 2.24) is 9.80 Å². The van der Waals surface area contributed by atoms with E-state index in [1.165, 1.54) is 16.1 Å². The second kappa shape index (κ2) is 5.68. The van der Waals surface area contributed by atoms with Crippen molar-refractivity contribution in [2.24, 2.45) is 5.92 Å². The largest absolute Gasteiger partial charge is 0.479 e. The minimum Gasteiger partial charge on any atom is -0.479 e. The van der Waals surface area contributed by atoms with Crippen LogP contribution in [0.1, 0.15) is 18.6 Å². The molecule has 23 heavy (non-hydrogen) atoms. The molecule has 3 rings (SSSR count). The first-order valence-electron chi connectivity index (χ1n) is 7.40. The van der Waals surface area contributed by atoms with Crippen LogP contribution < -0.4 is 0 Å². The Morgan fingerprint density at radius 1 is 1.48 bits per heavy atom. The summed E-state index contributed by atoms with van der Waals surface area (Å²) in [7, 11) is 0. The van der Waals surface area contributed by atoms with Gasteiger partial charge in [0, 0.05) is 25.9 Å². The Bertz CT molecular complexity index is 632. The van der Waals surface area contributed by atoms with Crippen LogP contribution in [0.2, 0.25) is 0 Å². The molecule has 2 atom stereocenters. The summed E-state index contributed by atoms with van der Waals surface area (Å²) in [4.78, 5) is 38.1. The van der Waals surface area contributed by atoms with Gasteiger partial charge < -0.3 is 19.3 Å². The third-order valence-electron chi connectivity index (χ3n) is 4.40. The molecule has 0 spiro atoms. The molecule has 124 valence electrons. The van der Waals surface area contributed by atoms with Crippen LogP contribution in [-0.2, 0) is 20.9 Å². The average molecular weight is 324 g/mol. The lowest BCUT2D eigenvalue weighted by Crippen LogP contribution is -2.41. The number of aliphatic carboxylic acids is 1. The molecule has 1 N–H and O–H groups in total.